The molecule has 0 aliphatic rings. The smallest absolute Gasteiger partial charge is 0.284 e. The average Bonchev–Trinajstić information content (AvgIpc) is 2.88. The van der Waals surface area contributed by atoms with Crippen LogP contribution in [0, 0.1) is 20.8 Å². The van der Waals surface area contributed by atoms with Gasteiger partial charge in [-0.25, -0.2) is 18.1 Å². The Balaban J connectivity index is 2.35. The number of aromatic nitrogens is 1. The van der Waals surface area contributed by atoms with Gasteiger partial charge in [-0.05, 0) is 44.0 Å². The number of carbonyl (C=O) groups is 1. The van der Waals surface area contributed by atoms with E-state index in [0.717, 1.165) is 0 Å². The Labute approximate surface area is 133 Å². The molecule has 0 unspecified atom stereocenters. The molecule has 2 rings (SSSR count). The number of nitrogens with zero attached hydrogens (tertiary/aromatic N) is 1. The number of thiazole rings is 1. The molecule has 2 aromatic rings. The largest absolute Gasteiger partial charge is 0.496 e. The third-order valence-electron chi connectivity index (χ3n) is 3.28. The minimum atomic E-state index is -3.97. The first-order chi connectivity index (χ1) is 10.3. The monoisotopic (exact) mass is 340 g/mol. The van der Waals surface area contributed by atoms with Gasteiger partial charge in [-0.15, -0.1) is 11.3 Å². The van der Waals surface area contributed by atoms with Gasteiger partial charge in [-0.1, -0.05) is 0 Å². The third-order valence-corrected chi connectivity index (χ3v) is 5.52. The summed E-state index contributed by atoms with van der Waals surface area (Å²) in [6, 6.07) is 2.98. The van der Waals surface area contributed by atoms with Crippen LogP contribution in [0.1, 0.15) is 26.6 Å². The molecule has 0 fully saturated rings. The molecule has 118 valence electrons. The van der Waals surface area contributed by atoms with Crippen molar-refractivity contribution in [1.82, 2.24) is 9.71 Å². The molecule has 1 aromatic carbocycles. The van der Waals surface area contributed by atoms with Crippen LogP contribution in [0.15, 0.2) is 22.4 Å². The molecule has 0 saturated carbocycles. The third kappa shape index (κ3) is 3.12. The lowest BCUT2D eigenvalue weighted by Gasteiger charge is -2.13. The maximum atomic E-state index is 12.4. The summed E-state index contributed by atoms with van der Waals surface area (Å²) in [5.74, 6) is -0.143. The fourth-order valence-corrected chi connectivity index (χ4v) is 3.84. The first-order valence-electron chi connectivity index (χ1n) is 6.39. The number of methoxy groups -OCH3 is 1. The molecule has 0 aliphatic carbocycles. The van der Waals surface area contributed by atoms with E-state index in [1.165, 1.54) is 29.9 Å². The van der Waals surface area contributed by atoms with Crippen molar-refractivity contribution in [2.45, 2.75) is 25.7 Å². The number of hydrogen-bond acceptors (Lipinski definition) is 6. The lowest BCUT2D eigenvalue weighted by molar-refractivity contribution is 0.0977. The number of carbonyl (C=O) groups excluding carboxylic acids is 1. The predicted octanol–water partition coefficient (Wildman–Crippen LogP) is 2.20. The number of benzene rings is 1. The first kappa shape index (κ1) is 16.4. The lowest BCUT2D eigenvalue weighted by atomic mass is 10.1. The minimum Gasteiger partial charge on any atom is -0.496 e. The molecule has 22 heavy (non-hydrogen) atoms. The normalized spacial score (nSPS) is 11.3. The van der Waals surface area contributed by atoms with Crippen molar-refractivity contribution in [2.75, 3.05) is 7.11 Å². The predicted molar refractivity (Wildman–Crippen MR) is 84.0 cm³/mol. The zero-order valence-corrected chi connectivity index (χ0v) is 14.3. The molecule has 0 saturated heterocycles. The van der Waals surface area contributed by atoms with E-state index in [4.69, 9.17) is 4.74 Å². The number of rotatable bonds is 4. The molecule has 8 heteroatoms. The van der Waals surface area contributed by atoms with Crippen molar-refractivity contribution in [3.05, 3.63) is 39.3 Å². The van der Waals surface area contributed by atoms with Gasteiger partial charge >= 0.3 is 0 Å². The van der Waals surface area contributed by atoms with E-state index in [1.54, 1.807) is 26.8 Å². The summed E-state index contributed by atoms with van der Waals surface area (Å²) in [4.78, 5) is 16.0. The lowest BCUT2D eigenvalue weighted by Crippen LogP contribution is -2.31. The number of amides is 1. The van der Waals surface area contributed by atoms with Crippen molar-refractivity contribution in [3.63, 3.8) is 0 Å². The van der Waals surface area contributed by atoms with Gasteiger partial charge in [0.25, 0.3) is 15.9 Å². The van der Waals surface area contributed by atoms with Crippen LogP contribution >= 0.6 is 11.3 Å². The van der Waals surface area contributed by atoms with Crippen LogP contribution in [0.3, 0.4) is 0 Å². The number of ether oxygens (including phenoxy) is 1. The quantitative estimate of drug-likeness (QED) is 0.922. The molecule has 1 N–H and O–H groups in total. The Kier molecular flexibility index (Phi) is 4.52. The number of sulfonamides is 1. The maximum absolute atomic E-state index is 12.4. The molecule has 0 aliphatic heterocycles. The highest BCUT2D eigenvalue weighted by atomic mass is 32.2. The van der Waals surface area contributed by atoms with E-state index in [2.05, 4.69) is 4.98 Å². The Bertz CT molecular complexity index is 825. The van der Waals surface area contributed by atoms with Crippen LogP contribution in [0.2, 0.25) is 0 Å². The second-order valence-electron chi connectivity index (χ2n) is 4.70. The molecular weight excluding hydrogens is 324 g/mol. The van der Waals surface area contributed by atoms with E-state index in [1.807, 2.05) is 4.72 Å². The zero-order chi connectivity index (χ0) is 16.5. The molecule has 1 aromatic heterocycles. The van der Waals surface area contributed by atoms with E-state index < -0.39 is 15.9 Å². The standard InChI is InChI=1S/C14H16N2O4S2/c1-8-9(2)13(6-5-12(8)20-4)22(18,19)16-14(17)11-7-21-10(3)15-11/h5-7H,1-4H3,(H,16,17). The van der Waals surface area contributed by atoms with Crippen molar-refractivity contribution >= 4 is 27.3 Å². The van der Waals surface area contributed by atoms with Gasteiger partial charge in [0, 0.05) is 5.38 Å². The minimum absolute atomic E-state index is 0.0473. The topological polar surface area (TPSA) is 85.4 Å². The summed E-state index contributed by atoms with van der Waals surface area (Å²) in [6.07, 6.45) is 0. The van der Waals surface area contributed by atoms with Gasteiger partial charge in [0.05, 0.1) is 17.0 Å². The van der Waals surface area contributed by atoms with Crippen LogP contribution in [0.5, 0.6) is 5.75 Å². The van der Waals surface area contributed by atoms with Gasteiger partial charge in [-0.2, -0.15) is 0 Å². The molecule has 0 atom stereocenters. The summed E-state index contributed by atoms with van der Waals surface area (Å²) in [5.41, 5.74) is 1.34. The van der Waals surface area contributed by atoms with Gasteiger partial charge in [0.1, 0.15) is 11.4 Å². The second kappa shape index (κ2) is 6.05. The van der Waals surface area contributed by atoms with Crippen LogP contribution in [0.25, 0.3) is 0 Å². The molecule has 1 heterocycles. The summed E-state index contributed by atoms with van der Waals surface area (Å²) >= 11 is 1.28. The van der Waals surface area contributed by atoms with Crippen molar-refractivity contribution < 1.29 is 17.9 Å². The Morgan fingerprint density at radius 1 is 1.23 bits per heavy atom. The summed E-state index contributed by atoms with van der Waals surface area (Å²) < 4.78 is 32.0. The zero-order valence-electron chi connectivity index (χ0n) is 12.6. The molecule has 6 nitrogen and oxygen atoms in total. The number of hydrogen-bond donors (Lipinski definition) is 1. The highest BCUT2D eigenvalue weighted by Gasteiger charge is 2.23. The molecular formula is C14H16N2O4S2. The SMILES string of the molecule is COc1ccc(S(=O)(=O)NC(=O)c2csc(C)n2)c(C)c1C. The maximum Gasteiger partial charge on any atom is 0.284 e. The molecule has 1 amide bonds. The number of aryl methyl sites for hydroxylation is 1. The van der Waals surface area contributed by atoms with Gasteiger partial charge in [0.15, 0.2) is 0 Å². The van der Waals surface area contributed by atoms with Crippen molar-refractivity contribution in [3.8, 4) is 5.75 Å². The fourth-order valence-electron chi connectivity index (χ4n) is 1.98. The summed E-state index contributed by atoms with van der Waals surface area (Å²) in [5, 5.41) is 2.21. The van der Waals surface area contributed by atoms with Crippen LogP contribution in [0.4, 0.5) is 0 Å². The average molecular weight is 340 g/mol. The Hall–Kier alpha value is -1.93. The van der Waals surface area contributed by atoms with Crippen molar-refractivity contribution in [1.29, 1.82) is 0 Å². The highest BCUT2D eigenvalue weighted by Crippen LogP contribution is 2.26. The van der Waals surface area contributed by atoms with Crippen LogP contribution in [-0.4, -0.2) is 26.4 Å². The van der Waals surface area contributed by atoms with Gasteiger partial charge in [-0.3, -0.25) is 4.79 Å². The fraction of sp³-hybridized carbons (Fsp3) is 0.286. The second-order valence-corrected chi connectivity index (χ2v) is 7.42. The van der Waals surface area contributed by atoms with E-state index >= 15 is 0 Å². The Morgan fingerprint density at radius 3 is 2.45 bits per heavy atom. The van der Waals surface area contributed by atoms with Gasteiger partial charge < -0.3 is 4.74 Å². The van der Waals surface area contributed by atoms with Crippen molar-refractivity contribution in [2.24, 2.45) is 0 Å². The van der Waals surface area contributed by atoms with E-state index in [9.17, 15) is 13.2 Å². The Morgan fingerprint density at radius 2 is 1.91 bits per heavy atom. The molecule has 0 spiro atoms. The van der Waals surface area contributed by atoms with E-state index in [-0.39, 0.29) is 10.6 Å². The van der Waals surface area contributed by atoms with Crippen LogP contribution < -0.4 is 9.46 Å². The highest BCUT2D eigenvalue weighted by molar-refractivity contribution is 7.90. The molecule has 0 bridgehead atoms. The summed E-state index contributed by atoms with van der Waals surface area (Å²) in [7, 11) is -2.45. The first-order valence-corrected chi connectivity index (χ1v) is 8.76. The molecule has 0 radical (unpaired) electrons. The van der Waals surface area contributed by atoms with Gasteiger partial charge in [0.2, 0.25) is 0 Å². The number of nitrogens with one attached hydrogen (secondary N) is 1. The van der Waals surface area contributed by atoms with Crippen LogP contribution in [-0.2, 0) is 10.0 Å². The summed E-state index contributed by atoms with van der Waals surface area (Å²) in [6.45, 7) is 5.18. The van der Waals surface area contributed by atoms with E-state index in [0.29, 0.717) is 21.9 Å².